The monoisotopic (exact) mass is 297 g/mol. The third-order valence-corrected chi connectivity index (χ3v) is 3.36. The maximum atomic E-state index is 12.3. The zero-order valence-electron chi connectivity index (χ0n) is 13.6. The number of hydrogen-bond donors (Lipinski definition) is 1. The number of hydrogen-bond acceptors (Lipinski definition) is 2. The van der Waals surface area contributed by atoms with E-state index in [0.29, 0.717) is 6.54 Å². The average Bonchev–Trinajstić information content (AvgIpc) is 2.47. The van der Waals surface area contributed by atoms with E-state index in [1.807, 2.05) is 70.2 Å². The van der Waals surface area contributed by atoms with Crippen LogP contribution in [-0.2, 0) is 6.54 Å². The van der Waals surface area contributed by atoms with Gasteiger partial charge in [-0.15, -0.1) is 0 Å². The fourth-order valence-corrected chi connectivity index (χ4v) is 2.26. The first-order valence-electron chi connectivity index (χ1n) is 7.57. The number of carbonyl (C=O) groups is 1. The van der Waals surface area contributed by atoms with Crippen molar-refractivity contribution in [3.05, 3.63) is 64.7 Å². The van der Waals surface area contributed by atoms with Crippen molar-refractivity contribution in [2.45, 2.75) is 40.3 Å². The van der Waals surface area contributed by atoms with E-state index >= 15 is 0 Å². The smallest absolute Gasteiger partial charge is 0.251 e. The molecule has 2 rings (SSSR count). The van der Waals surface area contributed by atoms with Crippen molar-refractivity contribution >= 4 is 5.91 Å². The molecule has 0 bridgehead atoms. The summed E-state index contributed by atoms with van der Waals surface area (Å²) in [7, 11) is 0. The Kier molecular flexibility index (Phi) is 5.21. The van der Waals surface area contributed by atoms with Gasteiger partial charge < -0.3 is 10.1 Å². The van der Waals surface area contributed by atoms with Crippen LogP contribution in [0.15, 0.2) is 42.5 Å². The van der Waals surface area contributed by atoms with Gasteiger partial charge in [0.15, 0.2) is 0 Å². The number of aryl methyl sites for hydroxylation is 2. The van der Waals surface area contributed by atoms with E-state index in [2.05, 4.69) is 5.32 Å². The first kappa shape index (κ1) is 16.1. The number of carbonyl (C=O) groups excluding carboxylic acids is 1. The van der Waals surface area contributed by atoms with Crippen molar-refractivity contribution in [3.8, 4) is 5.75 Å². The van der Waals surface area contributed by atoms with E-state index in [9.17, 15) is 4.79 Å². The second-order valence-corrected chi connectivity index (χ2v) is 5.82. The van der Waals surface area contributed by atoms with E-state index in [1.165, 1.54) is 0 Å². The van der Waals surface area contributed by atoms with Gasteiger partial charge in [-0.05, 0) is 57.0 Å². The van der Waals surface area contributed by atoms with E-state index in [1.54, 1.807) is 0 Å². The van der Waals surface area contributed by atoms with Crippen LogP contribution < -0.4 is 10.1 Å². The minimum atomic E-state index is -0.0450. The second kappa shape index (κ2) is 7.12. The predicted molar refractivity (Wildman–Crippen MR) is 89.3 cm³/mol. The summed E-state index contributed by atoms with van der Waals surface area (Å²) in [6.07, 6.45) is 0.139. The molecular formula is C19H23NO2. The zero-order chi connectivity index (χ0) is 16.1. The fraction of sp³-hybridized carbons (Fsp3) is 0.316. The van der Waals surface area contributed by atoms with Gasteiger partial charge in [0.2, 0.25) is 0 Å². The summed E-state index contributed by atoms with van der Waals surface area (Å²) in [5, 5.41) is 2.97. The summed E-state index contributed by atoms with van der Waals surface area (Å²) in [6, 6.07) is 13.7. The molecule has 0 saturated heterocycles. The maximum absolute atomic E-state index is 12.3. The topological polar surface area (TPSA) is 38.3 Å². The second-order valence-electron chi connectivity index (χ2n) is 5.82. The standard InChI is InChI=1S/C19H23NO2/c1-13(2)22-17-7-5-6-16(11-17)12-20-19(21)18-10-14(3)8-9-15(18)4/h5-11,13H,12H2,1-4H3,(H,20,21). The maximum Gasteiger partial charge on any atom is 0.251 e. The summed E-state index contributed by atoms with van der Waals surface area (Å²) in [5.41, 5.74) is 3.83. The average molecular weight is 297 g/mol. The lowest BCUT2D eigenvalue weighted by atomic mass is 10.0. The number of ether oxygens (including phenoxy) is 1. The SMILES string of the molecule is Cc1ccc(C)c(C(=O)NCc2cccc(OC(C)C)c2)c1. The van der Waals surface area contributed by atoms with E-state index in [4.69, 9.17) is 4.74 Å². The Morgan fingerprint density at radius 3 is 2.64 bits per heavy atom. The molecule has 0 aliphatic rings. The van der Waals surface area contributed by atoms with Crippen molar-refractivity contribution in [2.24, 2.45) is 0 Å². The van der Waals surface area contributed by atoms with Crippen molar-refractivity contribution in [3.63, 3.8) is 0 Å². The van der Waals surface area contributed by atoms with E-state index in [0.717, 1.165) is 28.0 Å². The molecule has 0 aliphatic heterocycles. The van der Waals surface area contributed by atoms with Crippen LogP contribution in [0.5, 0.6) is 5.75 Å². The largest absolute Gasteiger partial charge is 0.491 e. The van der Waals surface area contributed by atoms with Crippen molar-refractivity contribution < 1.29 is 9.53 Å². The van der Waals surface area contributed by atoms with Gasteiger partial charge in [-0.2, -0.15) is 0 Å². The lowest BCUT2D eigenvalue weighted by molar-refractivity contribution is 0.0950. The molecule has 1 N–H and O–H groups in total. The summed E-state index contributed by atoms with van der Waals surface area (Å²) in [6.45, 7) is 8.42. The Morgan fingerprint density at radius 1 is 1.14 bits per heavy atom. The molecule has 0 heterocycles. The molecule has 0 unspecified atom stereocenters. The Labute approximate surface area is 132 Å². The summed E-state index contributed by atoms with van der Waals surface area (Å²) in [4.78, 5) is 12.3. The summed E-state index contributed by atoms with van der Waals surface area (Å²) >= 11 is 0. The highest BCUT2D eigenvalue weighted by Gasteiger charge is 2.09. The van der Waals surface area contributed by atoms with Gasteiger partial charge in [-0.3, -0.25) is 4.79 Å². The summed E-state index contributed by atoms with van der Waals surface area (Å²) < 4.78 is 5.67. The Balaban J connectivity index is 2.03. The van der Waals surface area contributed by atoms with Crippen molar-refractivity contribution in [2.75, 3.05) is 0 Å². The molecule has 0 fully saturated rings. The minimum Gasteiger partial charge on any atom is -0.491 e. The predicted octanol–water partition coefficient (Wildman–Crippen LogP) is 4.02. The first-order chi connectivity index (χ1) is 10.5. The number of amides is 1. The van der Waals surface area contributed by atoms with Gasteiger partial charge >= 0.3 is 0 Å². The van der Waals surface area contributed by atoms with Gasteiger partial charge in [0, 0.05) is 12.1 Å². The first-order valence-corrected chi connectivity index (χ1v) is 7.57. The molecule has 0 aliphatic carbocycles. The Morgan fingerprint density at radius 2 is 1.91 bits per heavy atom. The molecule has 3 heteroatoms. The number of rotatable bonds is 5. The lowest BCUT2D eigenvalue weighted by Crippen LogP contribution is -2.23. The van der Waals surface area contributed by atoms with E-state index in [-0.39, 0.29) is 12.0 Å². The molecule has 0 spiro atoms. The molecule has 0 atom stereocenters. The quantitative estimate of drug-likeness (QED) is 0.905. The van der Waals surface area contributed by atoms with Crippen LogP contribution in [0.1, 0.15) is 40.9 Å². The third-order valence-electron chi connectivity index (χ3n) is 3.36. The van der Waals surface area contributed by atoms with Crippen LogP contribution in [-0.4, -0.2) is 12.0 Å². The van der Waals surface area contributed by atoms with Crippen molar-refractivity contribution in [1.82, 2.24) is 5.32 Å². The van der Waals surface area contributed by atoms with Gasteiger partial charge in [0.05, 0.1) is 6.10 Å². The van der Waals surface area contributed by atoms with Gasteiger partial charge in [0.25, 0.3) is 5.91 Å². The molecule has 0 radical (unpaired) electrons. The highest BCUT2D eigenvalue weighted by atomic mass is 16.5. The van der Waals surface area contributed by atoms with E-state index < -0.39 is 0 Å². The van der Waals surface area contributed by atoms with Crippen LogP contribution in [0.2, 0.25) is 0 Å². The molecule has 116 valence electrons. The number of nitrogens with one attached hydrogen (secondary N) is 1. The highest BCUT2D eigenvalue weighted by molar-refractivity contribution is 5.95. The summed E-state index contributed by atoms with van der Waals surface area (Å²) in [5.74, 6) is 0.782. The van der Waals surface area contributed by atoms with Gasteiger partial charge in [-0.1, -0.05) is 29.8 Å². The van der Waals surface area contributed by atoms with Crippen LogP contribution in [0.3, 0.4) is 0 Å². The number of benzene rings is 2. The highest BCUT2D eigenvalue weighted by Crippen LogP contribution is 2.15. The van der Waals surface area contributed by atoms with Crippen molar-refractivity contribution in [1.29, 1.82) is 0 Å². The molecular weight excluding hydrogens is 274 g/mol. The normalized spacial score (nSPS) is 10.6. The van der Waals surface area contributed by atoms with Crippen LogP contribution in [0.4, 0.5) is 0 Å². The molecule has 3 nitrogen and oxygen atoms in total. The van der Waals surface area contributed by atoms with Gasteiger partial charge in [-0.25, -0.2) is 0 Å². The Hall–Kier alpha value is -2.29. The fourth-order valence-electron chi connectivity index (χ4n) is 2.26. The molecule has 2 aromatic rings. The molecule has 22 heavy (non-hydrogen) atoms. The third kappa shape index (κ3) is 4.35. The van der Waals surface area contributed by atoms with Gasteiger partial charge in [0.1, 0.15) is 5.75 Å². The zero-order valence-corrected chi connectivity index (χ0v) is 13.6. The van der Waals surface area contributed by atoms with Crippen LogP contribution in [0.25, 0.3) is 0 Å². The molecule has 2 aromatic carbocycles. The van der Waals surface area contributed by atoms with Crippen LogP contribution in [0, 0.1) is 13.8 Å². The Bertz CT molecular complexity index is 662. The van der Waals surface area contributed by atoms with Crippen LogP contribution >= 0.6 is 0 Å². The minimum absolute atomic E-state index is 0.0450. The molecule has 1 amide bonds. The molecule has 0 aromatic heterocycles. The lowest BCUT2D eigenvalue weighted by Gasteiger charge is -2.12. The molecule has 0 saturated carbocycles.